The third kappa shape index (κ3) is 1.82. The highest BCUT2D eigenvalue weighted by Crippen LogP contribution is 2.34. The second-order valence-corrected chi connectivity index (χ2v) is 4.14. The zero-order chi connectivity index (χ0) is 9.97. The van der Waals surface area contributed by atoms with Crippen LogP contribution in [0.1, 0.15) is 44.2 Å². The summed E-state index contributed by atoms with van der Waals surface area (Å²) in [7, 11) is 0. The Morgan fingerprint density at radius 2 is 2.43 bits per heavy atom. The summed E-state index contributed by atoms with van der Waals surface area (Å²) >= 11 is 0. The minimum atomic E-state index is -0.0926. The van der Waals surface area contributed by atoms with Crippen molar-refractivity contribution in [2.75, 3.05) is 0 Å². The molecule has 1 saturated carbocycles. The van der Waals surface area contributed by atoms with E-state index < -0.39 is 0 Å². The minimum absolute atomic E-state index is 0.0926. The van der Waals surface area contributed by atoms with Gasteiger partial charge in [-0.15, -0.1) is 0 Å². The maximum absolute atomic E-state index is 9.49. The first-order valence-electron chi connectivity index (χ1n) is 5.51. The molecule has 3 nitrogen and oxygen atoms in total. The Morgan fingerprint density at radius 1 is 1.57 bits per heavy atom. The largest absolute Gasteiger partial charge is 0.393 e. The van der Waals surface area contributed by atoms with Gasteiger partial charge in [0.15, 0.2) is 0 Å². The summed E-state index contributed by atoms with van der Waals surface area (Å²) in [4.78, 5) is 0. The van der Waals surface area contributed by atoms with Gasteiger partial charge < -0.3 is 5.11 Å². The first-order chi connectivity index (χ1) is 6.81. The van der Waals surface area contributed by atoms with Crippen LogP contribution in [0.3, 0.4) is 0 Å². The molecule has 0 aromatic carbocycles. The molecule has 1 aromatic rings. The van der Waals surface area contributed by atoms with Crippen LogP contribution in [0.2, 0.25) is 0 Å². The molecule has 2 atom stereocenters. The zero-order valence-electron chi connectivity index (χ0n) is 8.69. The number of aryl methyl sites for hydroxylation is 1. The SMILES string of the molecule is CCCn1nccc1C1CCC(O)C1. The summed E-state index contributed by atoms with van der Waals surface area (Å²) in [6.07, 6.45) is 5.86. The van der Waals surface area contributed by atoms with Crippen molar-refractivity contribution in [3.63, 3.8) is 0 Å². The van der Waals surface area contributed by atoms with Gasteiger partial charge in [-0.05, 0) is 31.7 Å². The molecule has 0 amide bonds. The molecule has 0 spiro atoms. The Labute approximate surface area is 84.7 Å². The van der Waals surface area contributed by atoms with Crippen LogP contribution >= 0.6 is 0 Å². The lowest BCUT2D eigenvalue weighted by atomic mass is 10.0. The lowest BCUT2D eigenvalue weighted by Crippen LogP contribution is -2.08. The molecule has 0 bridgehead atoms. The fraction of sp³-hybridized carbons (Fsp3) is 0.727. The normalized spacial score (nSPS) is 27.0. The highest BCUT2D eigenvalue weighted by molar-refractivity contribution is 5.10. The van der Waals surface area contributed by atoms with Gasteiger partial charge in [0.2, 0.25) is 0 Å². The summed E-state index contributed by atoms with van der Waals surface area (Å²) in [6.45, 7) is 3.16. The molecule has 2 unspecified atom stereocenters. The molecule has 0 saturated heterocycles. The van der Waals surface area contributed by atoms with Crippen LogP contribution < -0.4 is 0 Å². The Bertz CT molecular complexity index is 295. The Balaban J connectivity index is 2.11. The molecule has 2 rings (SSSR count). The predicted molar refractivity (Wildman–Crippen MR) is 55.1 cm³/mol. The monoisotopic (exact) mass is 194 g/mol. The van der Waals surface area contributed by atoms with Crippen molar-refractivity contribution in [1.82, 2.24) is 9.78 Å². The molecule has 14 heavy (non-hydrogen) atoms. The van der Waals surface area contributed by atoms with E-state index in [1.807, 2.05) is 6.20 Å². The standard InChI is InChI=1S/C11H18N2O/c1-2-7-13-11(5-6-12-13)9-3-4-10(14)8-9/h5-6,9-10,14H,2-4,7-8H2,1H3. The van der Waals surface area contributed by atoms with Crippen molar-refractivity contribution in [3.8, 4) is 0 Å². The second kappa shape index (κ2) is 4.13. The number of hydrogen-bond donors (Lipinski definition) is 1. The van der Waals surface area contributed by atoms with E-state index in [4.69, 9.17) is 0 Å². The number of rotatable bonds is 3. The maximum atomic E-state index is 9.49. The molecule has 1 N–H and O–H groups in total. The molecule has 78 valence electrons. The van der Waals surface area contributed by atoms with E-state index in [1.54, 1.807) is 0 Å². The van der Waals surface area contributed by atoms with Crippen molar-refractivity contribution in [2.24, 2.45) is 0 Å². The first kappa shape index (κ1) is 9.71. The third-order valence-corrected chi connectivity index (χ3v) is 3.01. The molecule has 3 heteroatoms. The number of aliphatic hydroxyl groups is 1. The molecular formula is C11H18N2O. The summed E-state index contributed by atoms with van der Waals surface area (Å²) in [5.41, 5.74) is 1.31. The van der Waals surface area contributed by atoms with Gasteiger partial charge in [0.05, 0.1) is 6.10 Å². The van der Waals surface area contributed by atoms with Crippen LogP contribution in [0.4, 0.5) is 0 Å². The Hall–Kier alpha value is -0.830. The minimum Gasteiger partial charge on any atom is -0.393 e. The fourth-order valence-corrected chi connectivity index (χ4v) is 2.31. The van der Waals surface area contributed by atoms with Crippen LogP contribution in [-0.2, 0) is 6.54 Å². The van der Waals surface area contributed by atoms with Crippen LogP contribution in [0, 0.1) is 0 Å². The fourth-order valence-electron chi connectivity index (χ4n) is 2.31. The second-order valence-electron chi connectivity index (χ2n) is 4.14. The Kier molecular flexibility index (Phi) is 2.87. The predicted octanol–water partition coefficient (Wildman–Crippen LogP) is 1.92. The van der Waals surface area contributed by atoms with Gasteiger partial charge in [0.1, 0.15) is 0 Å². The average Bonchev–Trinajstić information content (AvgIpc) is 2.74. The number of aromatic nitrogens is 2. The summed E-state index contributed by atoms with van der Waals surface area (Å²) in [5, 5.41) is 13.8. The zero-order valence-corrected chi connectivity index (χ0v) is 8.69. The van der Waals surface area contributed by atoms with Gasteiger partial charge in [0, 0.05) is 24.4 Å². The van der Waals surface area contributed by atoms with Crippen molar-refractivity contribution >= 4 is 0 Å². The van der Waals surface area contributed by atoms with Crippen LogP contribution in [0.15, 0.2) is 12.3 Å². The highest BCUT2D eigenvalue weighted by Gasteiger charge is 2.26. The van der Waals surface area contributed by atoms with Crippen LogP contribution in [0.5, 0.6) is 0 Å². The van der Waals surface area contributed by atoms with Gasteiger partial charge in [-0.1, -0.05) is 6.92 Å². The molecule has 1 aromatic heterocycles. The number of nitrogens with zero attached hydrogens (tertiary/aromatic N) is 2. The first-order valence-corrected chi connectivity index (χ1v) is 5.51. The highest BCUT2D eigenvalue weighted by atomic mass is 16.3. The van der Waals surface area contributed by atoms with E-state index in [-0.39, 0.29) is 6.10 Å². The van der Waals surface area contributed by atoms with E-state index in [0.29, 0.717) is 5.92 Å². The van der Waals surface area contributed by atoms with E-state index >= 15 is 0 Å². The smallest absolute Gasteiger partial charge is 0.0546 e. The van der Waals surface area contributed by atoms with Crippen molar-refractivity contribution in [2.45, 2.75) is 51.2 Å². The van der Waals surface area contributed by atoms with Gasteiger partial charge in [0.25, 0.3) is 0 Å². The quantitative estimate of drug-likeness (QED) is 0.798. The van der Waals surface area contributed by atoms with Crippen LogP contribution in [-0.4, -0.2) is 21.0 Å². The lowest BCUT2D eigenvalue weighted by Gasteiger charge is -2.11. The average molecular weight is 194 g/mol. The van der Waals surface area contributed by atoms with Crippen molar-refractivity contribution < 1.29 is 5.11 Å². The Morgan fingerprint density at radius 3 is 3.07 bits per heavy atom. The summed E-state index contributed by atoms with van der Waals surface area (Å²) < 4.78 is 2.09. The van der Waals surface area contributed by atoms with Gasteiger partial charge in [-0.3, -0.25) is 4.68 Å². The molecule has 1 fully saturated rings. The molecule has 0 aliphatic heterocycles. The van der Waals surface area contributed by atoms with Gasteiger partial charge in [-0.2, -0.15) is 5.10 Å². The molecular weight excluding hydrogens is 176 g/mol. The third-order valence-electron chi connectivity index (χ3n) is 3.01. The lowest BCUT2D eigenvalue weighted by molar-refractivity contribution is 0.181. The van der Waals surface area contributed by atoms with Crippen LogP contribution in [0.25, 0.3) is 0 Å². The van der Waals surface area contributed by atoms with Crippen molar-refractivity contribution in [1.29, 1.82) is 0 Å². The number of hydrogen-bond acceptors (Lipinski definition) is 2. The van der Waals surface area contributed by atoms with E-state index in [2.05, 4.69) is 22.8 Å². The molecule has 1 heterocycles. The van der Waals surface area contributed by atoms with Gasteiger partial charge in [-0.25, -0.2) is 0 Å². The van der Waals surface area contributed by atoms with Gasteiger partial charge >= 0.3 is 0 Å². The number of aliphatic hydroxyl groups excluding tert-OH is 1. The van der Waals surface area contributed by atoms with E-state index in [1.165, 1.54) is 5.69 Å². The summed E-state index contributed by atoms with van der Waals surface area (Å²) in [5.74, 6) is 0.527. The van der Waals surface area contributed by atoms with Crippen molar-refractivity contribution in [3.05, 3.63) is 18.0 Å². The topological polar surface area (TPSA) is 38.0 Å². The molecule has 0 radical (unpaired) electrons. The molecule has 1 aliphatic carbocycles. The van der Waals surface area contributed by atoms with E-state index in [0.717, 1.165) is 32.2 Å². The maximum Gasteiger partial charge on any atom is 0.0546 e. The van der Waals surface area contributed by atoms with E-state index in [9.17, 15) is 5.11 Å². The molecule has 1 aliphatic rings. The summed E-state index contributed by atoms with van der Waals surface area (Å²) in [6, 6.07) is 2.10.